The van der Waals surface area contributed by atoms with Crippen molar-refractivity contribution in [3.63, 3.8) is 0 Å². The fourth-order valence-corrected chi connectivity index (χ4v) is 5.73. The molecule has 3 N–H and O–H groups in total. The molecule has 0 spiro atoms. The fourth-order valence-electron chi connectivity index (χ4n) is 5.73. The van der Waals surface area contributed by atoms with Gasteiger partial charge >= 0.3 is 5.97 Å². The van der Waals surface area contributed by atoms with Gasteiger partial charge in [0.05, 0.1) is 17.6 Å². The highest BCUT2D eigenvalue weighted by molar-refractivity contribution is 5.76. The van der Waals surface area contributed by atoms with Gasteiger partial charge < -0.3 is 15.3 Å². The Balaban J connectivity index is 2.06. The molecule has 5 atom stereocenters. The van der Waals surface area contributed by atoms with Crippen LogP contribution in [-0.2, 0) is 4.79 Å². The Morgan fingerprint density at radius 2 is 1.84 bits per heavy atom. The van der Waals surface area contributed by atoms with Gasteiger partial charge in [0.15, 0.2) is 0 Å². The molecule has 0 unspecified atom stereocenters. The SMILES string of the molecule is CC1(C)C[C@]2(C(=O)O)CC[C@@H]3[C@@H]2[C@H]1CC[C@]3(O)CO. The first kappa shape index (κ1) is 13.4. The highest BCUT2D eigenvalue weighted by Crippen LogP contribution is 2.70. The molecule has 0 aromatic carbocycles. The van der Waals surface area contributed by atoms with E-state index in [4.69, 9.17) is 0 Å². The minimum Gasteiger partial charge on any atom is -0.481 e. The first-order valence-corrected chi connectivity index (χ1v) is 7.33. The topological polar surface area (TPSA) is 77.8 Å². The Bertz CT molecular complexity index is 418. The Labute approximate surface area is 113 Å². The number of carboxylic acids is 1. The summed E-state index contributed by atoms with van der Waals surface area (Å²) < 4.78 is 0. The van der Waals surface area contributed by atoms with Crippen LogP contribution in [0.4, 0.5) is 0 Å². The lowest BCUT2D eigenvalue weighted by molar-refractivity contribution is -0.156. The number of aliphatic hydroxyl groups is 2. The van der Waals surface area contributed by atoms with Gasteiger partial charge in [0.25, 0.3) is 0 Å². The summed E-state index contributed by atoms with van der Waals surface area (Å²) in [6, 6.07) is 0. The summed E-state index contributed by atoms with van der Waals surface area (Å²) >= 11 is 0. The minimum atomic E-state index is -1.06. The number of carbonyl (C=O) groups is 1. The summed E-state index contributed by atoms with van der Waals surface area (Å²) in [4.78, 5) is 11.9. The molecule has 0 bridgehead atoms. The van der Waals surface area contributed by atoms with Crippen LogP contribution in [0.5, 0.6) is 0 Å². The Morgan fingerprint density at radius 1 is 1.21 bits per heavy atom. The lowest BCUT2D eigenvalue weighted by Gasteiger charge is -2.47. The Hall–Kier alpha value is -0.610. The molecule has 3 fully saturated rings. The number of rotatable bonds is 2. The first-order valence-electron chi connectivity index (χ1n) is 7.33. The van der Waals surface area contributed by atoms with E-state index in [1.54, 1.807) is 0 Å². The standard InChI is InChI=1S/C15H24O4/c1-13(2)7-14(12(17)18)5-3-10-11(14)9(13)4-6-15(10,19)8-16/h9-11,16,19H,3-8H2,1-2H3,(H,17,18)/t9-,10-,11+,14-,15+/m1/s1. The summed E-state index contributed by atoms with van der Waals surface area (Å²) in [6.45, 7) is 4.10. The van der Waals surface area contributed by atoms with Crippen LogP contribution < -0.4 is 0 Å². The van der Waals surface area contributed by atoms with E-state index in [1.165, 1.54) is 0 Å². The Kier molecular flexibility index (Phi) is 2.63. The molecule has 0 aromatic heterocycles. The van der Waals surface area contributed by atoms with Crippen molar-refractivity contribution in [3.05, 3.63) is 0 Å². The molecule has 3 rings (SSSR count). The van der Waals surface area contributed by atoms with Crippen molar-refractivity contribution in [1.82, 2.24) is 0 Å². The minimum absolute atomic E-state index is 0.0263. The highest BCUT2D eigenvalue weighted by Gasteiger charge is 2.70. The van der Waals surface area contributed by atoms with Crippen molar-refractivity contribution in [3.8, 4) is 0 Å². The molecule has 3 aliphatic carbocycles. The summed E-state index contributed by atoms with van der Waals surface area (Å²) in [5, 5.41) is 29.9. The van der Waals surface area contributed by atoms with Crippen LogP contribution in [0.15, 0.2) is 0 Å². The molecule has 4 nitrogen and oxygen atoms in total. The number of aliphatic carboxylic acids is 1. The van der Waals surface area contributed by atoms with Gasteiger partial charge in [-0.3, -0.25) is 4.79 Å². The fraction of sp³-hybridized carbons (Fsp3) is 0.933. The van der Waals surface area contributed by atoms with E-state index in [0.717, 1.165) is 12.8 Å². The van der Waals surface area contributed by atoms with Gasteiger partial charge in [-0.25, -0.2) is 0 Å². The zero-order chi connectivity index (χ0) is 14.1. The lowest BCUT2D eigenvalue weighted by atomic mass is 9.61. The second kappa shape index (κ2) is 3.73. The quantitative estimate of drug-likeness (QED) is 0.711. The van der Waals surface area contributed by atoms with Crippen molar-refractivity contribution in [2.45, 2.75) is 51.6 Å². The molecule has 4 heteroatoms. The van der Waals surface area contributed by atoms with Crippen LogP contribution in [0.3, 0.4) is 0 Å². The van der Waals surface area contributed by atoms with Gasteiger partial charge in [-0.2, -0.15) is 0 Å². The third-order valence-electron chi connectivity index (χ3n) is 6.46. The normalized spacial score (nSPS) is 51.1. The van der Waals surface area contributed by atoms with E-state index in [0.29, 0.717) is 25.2 Å². The molecular formula is C15H24O4. The highest BCUT2D eigenvalue weighted by atomic mass is 16.4. The zero-order valence-corrected chi connectivity index (χ0v) is 11.7. The molecule has 0 aromatic rings. The van der Waals surface area contributed by atoms with Crippen LogP contribution >= 0.6 is 0 Å². The first-order chi connectivity index (χ1) is 8.77. The van der Waals surface area contributed by atoms with Crippen molar-refractivity contribution >= 4 is 5.97 Å². The molecule has 19 heavy (non-hydrogen) atoms. The summed E-state index contributed by atoms with van der Waals surface area (Å²) in [5.41, 5.74) is -1.69. The van der Waals surface area contributed by atoms with Crippen molar-refractivity contribution in [2.75, 3.05) is 6.61 Å². The average Bonchev–Trinajstić information content (AvgIpc) is 2.80. The third kappa shape index (κ3) is 1.50. The maximum absolute atomic E-state index is 11.9. The third-order valence-corrected chi connectivity index (χ3v) is 6.46. The van der Waals surface area contributed by atoms with E-state index < -0.39 is 17.0 Å². The van der Waals surface area contributed by atoms with Gasteiger partial charge in [0.2, 0.25) is 0 Å². The van der Waals surface area contributed by atoms with Crippen LogP contribution in [0.25, 0.3) is 0 Å². The molecule has 3 aliphatic rings. The van der Waals surface area contributed by atoms with Crippen LogP contribution in [0, 0.1) is 28.6 Å². The van der Waals surface area contributed by atoms with Crippen LogP contribution in [0.1, 0.15) is 46.0 Å². The molecule has 0 aliphatic heterocycles. The predicted molar refractivity (Wildman–Crippen MR) is 69.4 cm³/mol. The predicted octanol–water partition coefficient (Wildman–Crippen LogP) is 1.65. The van der Waals surface area contributed by atoms with E-state index in [9.17, 15) is 20.1 Å². The van der Waals surface area contributed by atoms with Crippen molar-refractivity contribution < 1.29 is 20.1 Å². The van der Waals surface area contributed by atoms with E-state index in [-0.39, 0.29) is 23.9 Å². The molecule has 108 valence electrons. The van der Waals surface area contributed by atoms with Crippen molar-refractivity contribution in [1.29, 1.82) is 0 Å². The number of hydrogen-bond donors (Lipinski definition) is 3. The summed E-state index contributed by atoms with van der Waals surface area (Å²) in [6.07, 6.45) is 3.54. The number of hydrogen-bond acceptors (Lipinski definition) is 3. The van der Waals surface area contributed by atoms with Gasteiger partial charge in [-0.15, -0.1) is 0 Å². The largest absolute Gasteiger partial charge is 0.481 e. The smallest absolute Gasteiger partial charge is 0.309 e. The molecule has 0 radical (unpaired) electrons. The summed E-state index contributed by atoms with van der Waals surface area (Å²) in [7, 11) is 0. The van der Waals surface area contributed by atoms with Crippen LogP contribution in [0.2, 0.25) is 0 Å². The van der Waals surface area contributed by atoms with Gasteiger partial charge in [0.1, 0.15) is 0 Å². The molecule has 0 heterocycles. The second-order valence-electron chi connectivity index (χ2n) is 7.70. The van der Waals surface area contributed by atoms with E-state index in [2.05, 4.69) is 13.8 Å². The Morgan fingerprint density at radius 3 is 2.42 bits per heavy atom. The number of aliphatic hydroxyl groups excluding tert-OH is 1. The molecule has 0 saturated heterocycles. The maximum atomic E-state index is 11.9. The lowest BCUT2D eigenvalue weighted by Crippen LogP contribution is -2.51. The van der Waals surface area contributed by atoms with Crippen LogP contribution in [-0.4, -0.2) is 33.5 Å². The molecule has 3 saturated carbocycles. The van der Waals surface area contributed by atoms with E-state index in [1.807, 2.05) is 0 Å². The zero-order valence-electron chi connectivity index (χ0n) is 11.7. The second-order valence-corrected chi connectivity index (χ2v) is 7.70. The van der Waals surface area contributed by atoms with Gasteiger partial charge in [0, 0.05) is 0 Å². The van der Waals surface area contributed by atoms with Gasteiger partial charge in [-0.05, 0) is 55.3 Å². The molecule has 0 amide bonds. The monoisotopic (exact) mass is 268 g/mol. The summed E-state index contributed by atoms with van der Waals surface area (Å²) in [5.74, 6) is -0.347. The van der Waals surface area contributed by atoms with Gasteiger partial charge in [-0.1, -0.05) is 13.8 Å². The maximum Gasteiger partial charge on any atom is 0.309 e. The number of carboxylic acid groups (broad SMARTS) is 1. The molecular weight excluding hydrogens is 244 g/mol. The average molecular weight is 268 g/mol. The van der Waals surface area contributed by atoms with Crippen molar-refractivity contribution in [2.24, 2.45) is 28.6 Å². The van der Waals surface area contributed by atoms with E-state index >= 15 is 0 Å².